The van der Waals surface area contributed by atoms with Gasteiger partial charge in [0.05, 0.1) is 6.26 Å². The summed E-state index contributed by atoms with van der Waals surface area (Å²) in [6, 6.07) is 6.68. The van der Waals surface area contributed by atoms with Crippen LogP contribution in [0.2, 0.25) is 0 Å². The molecule has 0 saturated carbocycles. The van der Waals surface area contributed by atoms with E-state index < -0.39 is 0 Å². The van der Waals surface area contributed by atoms with Crippen LogP contribution < -0.4 is 10.9 Å². The smallest absolute Gasteiger partial charge is 0.251 e. The minimum Gasteiger partial charge on any atom is -0.469 e. The van der Waals surface area contributed by atoms with Crippen molar-refractivity contribution in [2.45, 2.75) is 25.9 Å². The van der Waals surface area contributed by atoms with E-state index in [1.807, 2.05) is 19.1 Å². The van der Waals surface area contributed by atoms with Gasteiger partial charge in [-0.25, -0.2) is 0 Å². The van der Waals surface area contributed by atoms with E-state index in [1.54, 1.807) is 18.5 Å². The van der Waals surface area contributed by atoms with E-state index in [-0.39, 0.29) is 24.1 Å². The van der Waals surface area contributed by atoms with Crippen LogP contribution in [-0.4, -0.2) is 16.5 Å². The predicted octanol–water partition coefficient (Wildman–Crippen LogP) is 1.95. The SMILES string of the molecule is C[C@@H](Cc1ccco1)NC(=O)Cn1cc(Br)ccc1=O. The average molecular weight is 339 g/mol. The van der Waals surface area contributed by atoms with E-state index in [0.29, 0.717) is 6.42 Å². The number of carbonyl (C=O) groups is 1. The van der Waals surface area contributed by atoms with Gasteiger partial charge in [0.1, 0.15) is 12.3 Å². The third kappa shape index (κ3) is 4.09. The van der Waals surface area contributed by atoms with Crippen molar-refractivity contribution < 1.29 is 9.21 Å². The summed E-state index contributed by atoms with van der Waals surface area (Å²) < 4.78 is 7.34. The minimum atomic E-state index is -0.206. The molecule has 6 heteroatoms. The summed E-state index contributed by atoms with van der Waals surface area (Å²) in [5.74, 6) is 0.613. The monoisotopic (exact) mass is 338 g/mol. The van der Waals surface area contributed by atoms with Crippen molar-refractivity contribution in [3.63, 3.8) is 0 Å². The van der Waals surface area contributed by atoms with Gasteiger partial charge in [-0.2, -0.15) is 0 Å². The van der Waals surface area contributed by atoms with E-state index in [2.05, 4.69) is 21.2 Å². The fraction of sp³-hybridized carbons (Fsp3) is 0.286. The van der Waals surface area contributed by atoms with Crippen molar-refractivity contribution in [3.8, 4) is 0 Å². The predicted molar refractivity (Wildman–Crippen MR) is 78.4 cm³/mol. The molecule has 0 spiro atoms. The van der Waals surface area contributed by atoms with Crippen LogP contribution in [0.3, 0.4) is 0 Å². The normalized spacial score (nSPS) is 12.1. The van der Waals surface area contributed by atoms with Crippen LogP contribution in [0.25, 0.3) is 0 Å². The van der Waals surface area contributed by atoms with Gasteiger partial charge >= 0.3 is 0 Å². The number of halogens is 1. The van der Waals surface area contributed by atoms with Gasteiger partial charge in [-0.3, -0.25) is 9.59 Å². The van der Waals surface area contributed by atoms with Crippen molar-refractivity contribution in [1.82, 2.24) is 9.88 Å². The Morgan fingerprint density at radius 1 is 1.45 bits per heavy atom. The Morgan fingerprint density at radius 2 is 2.25 bits per heavy atom. The topological polar surface area (TPSA) is 64.2 Å². The van der Waals surface area contributed by atoms with Gasteiger partial charge in [-0.05, 0) is 41.1 Å². The second-order valence-electron chi connectivity index (χ2n) is 4.57. The first-order valence-corrected chi connectivity index (χ1v) is 7.01. The molecule has 1 amide bonds. The van der Waals surface area contributed by atoms with Crippen LogP contribution in [0.1, 0.15) is 12.7 Å². The standard InChI is InChI=1S/C14H15BrN2O3/c1-10(7-12-3-2-6-20-12)16-13(18)9-17-8-11(15)4-5-14(17)19/h2-6,8,10H,7,9H2,1H3,(H,16,18)/t10-/m0/s1. The maximum absolute atomic E-state index is 11.9. The number of hydrogen-bond acceptors (Lipinski definition) is 3. The van der Waals surface area contributed by atoms with Gasteiger partial charge in [0.2, 0.25) is 5.91 Å². The number of aromatic nitrogens is 1. The van der Waals surface area contributed by atoms with Crippen molar-refractivity contribution in [3.05, 3.63) is 57.3 Å². The third-order valence-electron chi connectivity index (χ3n) is 2.76. The molecule has 0 aliphatic carbocycles. The molecule has 0 unspecified atom stereocenters. The lowest BCUT2D eigenvalue weighted by Crippen LogP contribution is -2.38. The summed E-state index contributed by atoms with van der Waals surface area (Å²) in [5, 5.41) is 2.84. The summed E-state index contributed by atoms with van der Waals surface area (Å²) in [6.07, 6.45) is 3.82. The van der Waals surface area contributed by atoms with Crippen molar-refractivity contribution in [2.75, 3.05) is 0 Å². The molecular formula is C14H15BrN2O3. The van der Waals surface area contributed by atoms with Crippen LogP contribution >= 0.6 is 15.9 Å². The van der Waals surface area contributed by atoms with Gasteiger partial charge < -0.3 is 14.3 Å². The highest BCUT2D eigenvalue weighted by Gasteiger charge is 2.10. The van der Waals surface area contributed by atoms with Crippen LogP contribution in [0.5, 0.6) is 0 Å². The molecule has 0 radical (unpaired) electrons. The summed E-state index contributed by atoms with van der Waals surface area (Å²) in [4.78, 5) is 23.5. The molecule has 0 bridgehead atoms. The summed E-state index contributed by atoms with van der Waals surface area (Å²) in [7, 11) is 0. The minimum absolute atomic E-state index is 0.000762. The number of nitrogens with one attached hydrogen (secondary N) is 1. The Balaban J connectivity index is 1.92. The fourth-order valence-corrected chi connectivity index (χ4v) is 2.26. The Kier molecular flexibility index (Phi) is 4.79. The van der Waals surface area contributed by atoms with E-state index >= 15 is 0 Å². The largest absolute Gasteiger partial charge is 0.469 e. The van der Waals surface area contributed by atoms with Crippen molar-refractivity contribution >= 4 is 21.8 Å². The lowest BCUT2D eigenvalue weighted by atomic mass is 10.2. The first-order chi connectivity index (χ1) is 9.54. The number of furan rings is 1. The van der Waals surface area contributed by atoms with E-state index in [9.17, 15) is 9.59 Å². The molecule has 0 aromatic carbocycles. The molecule has 0 aliphatic heterocycles. The lowest BCUT2D eigenvalue weighted by Gasteiger charge is -2.13. The molecule has 5 nitrogen and oxygen atoms in total. The molecule has 1 N–H and O–H groups in total. The third-order valence-corrected chi connectivity index (χ3v) is 3.23. The van der Waals surface area contributed by atoms with Gasteiger partial charge in [-0.15, -0.1) is 0 Å². The first-order valence-electron chi connectivity index (χ1n) is 6.22. The molecule has 106 valence electrons. The first kappa shape index (κ1) is 14.6. The maximum Gasteiger partial charge on any atom is 0.251 e. The molecular weight excluding hydrogens is 324 g/mol. The molecule has 0 aliphatic rings. The van der Waals surface area contributed by atoms with Crippen LogP contribution in [0, 0.1) is 0 Å². The number of rotatable bonds is 5. The zero-order chi connectivity index (χ0) is 14.5. The molecule has 2 rings (SSSR count). The second-order valence-corrected chi connectivity index (χ2v) is 5.48. The highest BCUT2D eigenvalue weighted by molar-refractivity contribution is 9.10. The van der Waals surface area contributed by atoms with Gasteiger partial charge in [0, 0.05) is 29.2 Å². The molecule has 2 aromatic rings. The van der Waals surface area contributed by atoms with Gasteiger partial charge in [0.15, 0.2) is 0 Å². The number of nitrogens with zero attached hydrogens (tertiary/aromatic N) is 1. The van der Waals surface area contributed by atoms with Crippen LogP contribution in [-0.2, 0) is 17.8 Å². The fourth-order valence-electron chi connectivity index (χ4n) is 1.88. The molecule has 0 saturated heterocycles. The van der Waals surface area contributed by atoms with Crippen molar-refractivity contribution in [1.29, 1.82) is 0 Å². The number of carbonyl (C=O) groups excluding carboxylic acids is 1. The Labute approximate surface area is 124 Å². The highest BCUT2D eigenvalue weighted by Crippen LogP contribution is 2.05. The Bertz CT molecular complexity index is 634. The zero-order valence-electron chi connectivity index (χ0n) is 11.0. The Morgan fingerprint density at radius 3 is 2.95 bits per heavy atom. The molecule has 1 atom stereocenters. The Hall–Kier alpha value is -1.82. The maximum atomic E-state index is 11.9. The van der Waals surface area contributed by atoms with Crippen LogP contribution in [0.15, 0.2) is 50.4 Å². The zero-order valence-corrected chi connectivity index (χ0v) is 12.6. The van der Waals surface area contributed by atoms with E-state index in [4.69, 9.17) is 4.42 Å². The van der Waals surface area contributed by atoms with Gasteiger partial charge in [-0.1, -0.05) is 0 Å². The summed E-state index contributed by atoms with van der Waals surface area (Å²) >= 11 is 3.27. The summed E-state index contributed by atoms with van der Waals surface area (Å²) in [5.41, 5.74) is -0.206. The lowest BCUT2D eigenvalue weighted by molar-refractivity contribution is -0.122. The quantitative estimate of drug-likeness (QED) is 0.906. The van der Waals surface area contributed by atoms with Crippen LogP contribution in [0.4, 0.5) is 0 Å². The average Bonchev–Trinajstić information content (AvgIpc) is 2.86. The highest BCUT2D eigenvalue weighted by atomic mass is 79.9. The van der Waals surface area contributed by atoms with Gasteiger partial charge in [0.25, 0.3) is 5.56 Å². The molecule has 0 fully saturated rings. The molecule has 20 heavy (non-hydrogen) atoms. The number of pyridine rings is 1. The van der Waals surface area contributed by atoms with Crippen molar-refractivity contribution in [2.24, 2.45) is 0 Å². The van der Waals surface area contributed by atoms with E-state index in [1.165, 1.54) is 10.6 Å². The van der Waals surface area contributed by atoms with E-state index in [0.717, 1.165) is 10.2 Å². The second kappa shape index (κ2) is 6.56. The molecule has 2 heterocycles. The number of hydrogen-bond donors (Lipinski definition) is 1. The summed E-state index contributed by atoms with van der Waals surface area (Å²) in [6.45, 7) is 1.89. The molecule has 2 aromatic heterocycles. The number of amides is 1.